The van der Waals surface area contributed by atoms with Gasteiger partial charge < -0.3 is 5.32 Å². The molecule has 2 rings (SSSR count). The molecule has 0 aliphatic carbocycles. The van der Waals surface area contributed by atoms with E-state index in [2.05, 4.69) is 5.32 Å². The highest BCUT2D eigenvalue weighted by Crippen LogP contribution is 2.28. The van der Waals surface area contributed by atoms with Crippen LogP contribution in [0.1, 0.15) is 33.4 Å². The number of carbonyl (C=O) groups excluding carboxylic acids is 1. The average Bonchev–Trinajstić information content (AvgIpc) is 2.56. The number of anilines is 1. The second kappa shape index (κ2) is 7.82. The van der Waals surface area contributed by atoms with Crippen LogP contribution < -0.4 is 5.32 Å². The quantitative estimate of drug-likeness (QED) is 0.847. The van der Waals surface area contributed by atoms with E-state index in [1.807, 2.05) is 52.0 Å². The van der Waals surface area contributed by atoms with Crippen molar-refractivity contribution in [3.05, 3.63) is 57.6 Å². The van der Waals surface area contributed by atoms with Gasteiger partial charge in [-0.2, -0.15) is 4.31 Å². The summed E-state index contributed by atoms with van der Waals surface area (Å²) in [5.74, 6) is -0.366. The molecule has 0 spiro atoms. The van der Waals surface area contributed by atoms with E-state index in [9.17, 15) is 13.2 Å². The Morgan fingerprint density at radius 1 is 0.926 bits per heavy atom. The molecule has 0 heterocycles. The largest absolute Gasteiger partial charge is 0.325 e. The lowest BCUT2D eigenvalue weighted by Crippen LogP contribution is -2.35. The first-order valence-corrected chi connectivity index (χ1v) is 10.3. The van der Waals surface area contributed by atoms with Gasteiger partial charge in [0.1, 0.15) is 0 Å². The second-order valence-electron chi connectivity index (χ2n) is 7.22. The van der Waals surface area contributed by atoms with E-state index in [0.717, 1.165) is 37.7 Å². The van der Waals surface area contributed by atoms with Crippen LogP contribution in [0.4, 0.5) is 5.69 Å². The minimum absolute atomic E-state index is 0.248. The highest BCUT2D eigenvalue weighted by molar-refractivity contribution is 7.89. The lowest BCUT2D eigenvalue weighted by atomic mass is 10.0. The summed E-state index contributed by atoms with van der Waals surface area (Å²) in [7, 11) is -2.34. The normalized spacial score (nSPS) is 11.7. The first kappa shape index (κ1) is 21.1. The fourth-order valence-electron chi connectivity index (χ4n) is 3.07. The van der Waals surface area contributed by atoms with Crippen LogP contribution in [-0.4, -0.2) is 32.2 Å². The molecule has 0 aromatic heterocycles. The van der Waals surface area contributed by atoms with Crippen LogP contribution in [0.25, 0.3) is 0 Å². The predicted molar refractivity (Wildman–Crippen MR) is 110 cm³/mol. The van der Waals surface area contributed by atoms with Crippen molar-refractivity contribution in [3.8, 4) is 0 Å². The number of likely N-dealkylation sites (N-methyl/N-ethyl adjacent to an activating group) is 1. The third-order valence-corrected chi connectivity index (χ3v) is 7.08. The Morgan fingerprint density at radius 3 is 2.04 bits per heavy atom. The number of hydrogen-bond donors (Lipinski definition) is 1. The number of benzene rings is 2. The molecule has 27 heavy (non-hydrogen) atoms. The van der Waals surface area contributed by atoms with Gasteiger partial charge >= 0.3 is 0 Å². The molecule has 146 valence electrons. The number of rotatable bonds is 5. The van der Waals surface area contributed by atoms with E-state index in [1.165, 1.54) is 7.05 Å². The van der Waals surface area contributed by atoms with E-state index in [-0.39, 0.29) is 12.5 Å². The van der Waals surface area contributed by atoms with E-state index >= 15 is 0 Å². The van der Waals surface area contributed by atoms with Gasteiger partial charge in [0.2, 0.25) is 15.9 Å². The number of nitrogens with one attached hydrogen (secondary N) is 1. The summed E-state index contributed by atoms with van der Waals surface area (Å²) in [6.07, 6.45) is 0. The van der Waals surface area contributed by atoms with E-state index in [4.69, 9.17) is 0 Å². The minimum atomic E-state index is -3.78. The molecular weight excluding hydrogens is 360 g/mol. The van der Waals surface area contributed by atoms with Crippen LogP contribution >= 0.6 is 0 Å². The van der Waals surface area contributed by atoms with Crippen molar-refractivity contribution in [1.82, 2.24) is 4.31 Å². The van der Waals surface area contributed by atoms with E-state index < -0.39 is 10.0 Å². The molecule has 0 saturated heterocycles. The van der Waals surface area contributed by atoms with E-state index in [0.29, 0.717) is 10.6 Å². The number of sulfonamides is 1. The van der Waals surface area contributed by atoms with Crippen molar-refractivity contribution in [2.75, 3.05) is 18.9 Å². The summed E-state index contributed by atoms with van der Waals surface area (Å²) in [6, 6.07) is 7.75. The number of nitrogens with zero attached hydrogens (tertiary/aromatic N) is 1. The fraction of sp³-hybridized carbons (Fsp3) is 0.381. The molecule has 0 aliphatic heterocycles. The van der Waals surface area contributed by atoms with Crippen LogP contribution in [0.2, 0.25) is 0 Å². The SMILES string of the molecule is Cc1ccc(C)c(NC(=O)CN(C)S(=O)(=O)c2c(C)c(C)cc(C)c2C)c1. The summed E-state index contributed by atoms with van der Waals surface area (Å²) < 4.78 is 27.4. The van der Waals surface area contributed by atoms with Gasteiger partial charge in [0.05, 0.1) is 11.4 Å². The van der Waals surface area contributed by atoms with Gasteiger partial charge in [-0.1, -0.05) is 18.2 Å². The number of hydrogen-bond acceptors (Lipinski definition) is 3. The number of carbonyl (C=O) groups is 1. The van der Waals surface area contributed by atoms with Crippen molar-refractivity contribution >= 4 is 21.6 Å². The van der Waals surface area contributed by atoms with Gasteiger partial charge in [-0.3, -0.25) is 4.79 Å². The molecule has 2 aromatic carbocycles. The Bertz CT molecular complexity index is 969. The highest BCUT2D eigenvalue weighted by atomic mass is 32.2. The van der Waals surface area contributed by atoms with Crippen LogP contribution in [0.15, 0.2) is 29.2 Å². The summed E-state index contributed by atoms with van der Waals surface area (Å²) in [4.78, 5) is 12.7. The van der Waals surface area contributed by atoms with Crippen LogP contribution in [-0.2, 0) is 14.8 Å². The molecule has 0 bridgehead atoms. The zero-order valence-corrected chi connectivity index (χ0v) is 17.9. The molecular formula is C21H28N2O3S. The smallest absolute Gasteiger partial charge is 0.243 e. The summed E-state index contributed by atoms with van der Waals surface area (Å²) in [5, 5.41) is 2.81. The fourth-order valence-corrected chi connectivity index (χ4v) is 4.77. The molecule has 0 aliphatic rings. The van der Waals surface area contributed by atoms with Gasteiger partial charge in [0.15, 0.2) is 0 Å². The molecule has 1 N–H and O–H groups in total. The first-order chi connectivity index (χ1) is 12.4. The third-order valence-electron chi connectivity index (χ3n) is 5.00. The predicted octanol–water partition coefficient (Wildman–Crippen LogP) is 3.80. The van der Waals surface area contributed by atoms with Gasteiger partial charge in [-0.25, -0.2) is 8.42 Å². The average molecular weight is 389 g/mol. The van der Waals surface area contributed by atoms with Gasteiger partial charge in [0, 0.05) is 12.7 Å². The standard InChI is InChI=1S/C21H28N2O3S/c1-13-8-9-14(2)19(10-13)22-20(24)12-23(7)27(25,26)21-17(5)15(3)11-16(4)18(21)6/h8-11H,12H2,1-7H3,(H,22,24). The van der Waals surface area contributed by atoms with Crippen LogP contribution in [0.3, 0.4) is 0 Å². The Labute approximate surface area is 162 Å². The van der Waals surface area contributed by atoms with Crippen LogP contribution in [0.5, 0.6) is 0 Å². The minimum Gasteiger partial charge on any atom is -0.325 e. The third kappa shape index (κ3) is 4.39. The molecule has 6 heteroatoms. The molecule has 2 aromatic rings. The van der Waals surface area contributed by atoms with Crippen molar-refractivity contribution in [2.24, 2.45) is 0 Å². The molecule has 0 fully saturated rings. The first-order valence-electron chi connectivity index (χ1n) is 8.86. The molecule has 0 unspecified atom stereocenters. The van der Waals surface area contributed by atoms with Crippen molar-refractivity contribution in [3.63, 3.8) is 0 Å². The maximum atomic E-state index is 13.1. The van der Waals surface area contributed by atoms with Gasteiger partial charge in [0.25, 0.3) is 0 Å². The molecule has 1 amide bonds. The molecule has 0 atom stereocenters. The summed E-state index contributed by atoms with van der Waals surface area (Å²) >= 11 is 0. The Morgan fingerprint density at radius 2 is 1.48 bits per heavy atom. The molecule has 0 radical (unpaired) electrons. The van der Waals surface area contributed by atoms with Crippen LogP contribution in [0, 0.1) is 41.5 Å². The lowest BCUT2D eigenvalue weighted by Gasteiger charge is -2.22. The van der Waals surface area contributed by atoms with E-state index in [1.54, 1.807) is 13.8 Å². The zero-order valence-electron chi connectivity index (χ0n) is 17.1. The summed E-state index contributed by atoms with van der Waals surface area (Å²) in [6.45, 7) is 11.0. The molecule has 0 saturated carbocycles. The Kier molecular flexibility index (Phi) is 6.12. The number of aryl methyl sites for hydroxylation is 4. The van der Waals surface area contributed by atoms with Gasteiger partial charge in [-0.15, -0.1) is 0 Å². The van der Waals surface area contributed by atoms with Gasteiger partial charge in [-0.05, 0) is 81.0 Å². The topological polar surface area (TPSA) is 66.5 Å². The van der Waals surface area contributed by atoms with Crippen molar-refractivity contribution in [1.29, 1.82) is 0 Å². The second-order valence-corrected chi connectivity index (χ2v) is 9.20. The maximum absolute atomic E-state index is 13.1. The highest BCUT2D eigenvalue weighted by Gasteiger charge is 2.28. The van der Waals surface area contributed by atoms with Crippen molar-refractivity contribution in [2.45, 2.75) is 46.4 Å². The van der Waals surface area contributed by atoms with Crippen molar-refractivity contribution < 1.29 is 13.2 Å². The maximum Gasteiger partial charge on any atom is 0.243 e. The molecule has 5 nitrogen and oxygen atoms in total. The number of amides is 1. The monoisotopic (exact) mass is 388 g/mol. The summed E-state index contributed by atoms with van der Waals surface area (Å²) in [5.41, 5.74) is 5.94. The Balaban J connectivity index is 2.28. The zero-order chi connectivity index (χ0) is 20.5. The lowest BCUT2D eigenvalue weighted by molar-refractivity contribution is -0.116. The Hall–Kier alpha value is -2.18.